The highest BCUT2D eigenvalue weighted by molar-refractivity contribution is 9.10. The maximum atomic E-state index is 10.3. The summed E-state index contributed by atoms with van der Waals surface area (Å²) in [6.45, 7) is 0. The number of benzene rings is 2. The zero-order chi connectivity index (χ0) is 16.5. The van der Waals surface area contributed by atoms with Crippen LogP contribution in [0.1, 0.15) is 11.3 Å². The van der Waals surface area contributed by atoms with Crippen LogP contribution < -0.4 is 0 Å². The third-order valence-corrected chi connectivity index (χ3v) is 4.55. The average molecular weight is 379 g/mol. The average Bonchev–Trinajstić information content (AvgIpc) is 2.96. The number of imidazole rings is 1. The zero-order valence-corrected chi connectivity index (χ0v) is 14.4. The van der Waals surface area contributed by atoms with Crippen molar-refractivity contribution < 1.29 is 5.11 Å². The summed E-state index contributed by atoms with van der Waals surface area (Å²) in [5.41, 5.74) is 4.68. The van der Waals surface area contributed by atoms with Crippen molar-refractivity contribution >= 4 is 21.6 Å². The summed E-state index contributed by atoms with van der Waals surface area (Å²) >= 11 is 3.48. The summed E-state index contributed by atoms with van der Waals surface area (Å²) in [5, 5.41) is 10.3. The molecule has 4 rings (SSSR count). The number of hydrogen-bond acceptors (Lipinski definition) is 2. The Balaban J connectivity index is 1.95. The van der Waals surface area contributed by atoms with Gasteiger partial charge in [0.2, 0.25) is 0 Å². The van der Waals surface area contributed by atoms with Gasteiger partial charge in [-0.05, 0) is 35.9 Å². The van der Waals surface area contributed by atoms with Crippen molar-refractivity contribution in [3.8, 4) is 17.0 Å². The van der Waals surface area contributed by atoms with Gasteiger partial charge in [-0.25, -0.2) is 4.98 Å². The van der Waals surface area contributed by atoms with Crippen molar-refractivity contribution in [2.75, 3.05) is 0 Å². The van der Waals surface area contributed by atoms with E-state index in [1.54, 1.807) is 6.07 Å². The molecule has 0 saturated heterocycles. The van der Waals surface area contributed by atoms with Crippen LogP contribution >= 0.6 is 15.9 Å². The van der Waals surface area contributed by atoms with Crippen LogP contribution in [0.2, 0.25) is 0 Å². The van der Waals surface area contributed by atoms with Gasteiger partial charge >= 0.3 is 0 Å². The molecule has 0 atom stereocenters. The third kappa shape index (κ3) is 2.69. The van der Waals surface area contributed by atoms with E-state index in [1.165, 1.54) is 5.56 Å². The van der Waals surface area contributed by atoms with E-state index in [-0.39, 0.29) is 5.75 Å². The van der Waals surface area contributed by atoms with Crippen molar-refractivity contribution in [1.82, 2.24) is 9.38 Å². The zero-order valence-electron chi connectivity index (χ0n) is 12.9. The number of fused-ring (bicyclic) bond motifs is 1. The Morgan fingerprint density at radius 3 is 2.58 bits per heavy atom. The lowest BCUT2D eigenvalue weighted by atomic mass is 10.0. The second-order valence-corrected chi connectivity index (χ2v) is 6.58. The molecule has 0 aliphatic rings. The summed E-state index contributed by atoms with van der Waals surface area (Å²) in [6.07, 6.45) is 2.76. The second-order valence-electron chi connectivity index (χ2n) is 5.66. The minimum absolute atomic E-state index is 0.232. The molecule has 0 radical (unpaired) electrons. The number of phenolic OH excluding ortho intramolecular Hbond substituents is 1. The lowest BCUT2D eigenvalue weighted by Crippen LogP contribution is -1.96. The molecule has 2 aromatic carbocycles. The molecule has 2 aromatic heterocycles. The molecule has 0 fully saturated rings. The van der Waals surface area contributed by atoms with E-state index in [9.17, 15) is 5.11 Å². The smallest absolute Gasteiger partial charge is 0.137 e. The standard InChI is InChI=1S/C20H15BrN2O/c21-15-9-10-18(24)16(13-15)20-17(12-14-6-2-1-3-7-14)23-11-5-4-8-19(23)22-20/h1-11,13,24H,12H2. The highest BCUT2D eigenvalue weighted by Crippen LogP contribution is 2.34. The minimum atomic E-state index is 0.232. The van der Waals surface area contributed by atoms with E-state index in [4.69, 9.17) is 4.98 Å². The van der Waals surface area contributed by atoms with Crippen LogP contribution in [0, 0.1) is 0 Å². The summed E-state index contributed by atoms with van der Waals surface area (Å²) in [4.78, 5) is 4.76. The molecule has 3 nitrogen and oxygen atoms in total. The Kier molecular flexibility index (Phi) is 3.82. The normalized spacial score (nSPS) is 11.0. The molecule has 0 bridgehead atoms. The highest BCUT2D eigenvalue weighted by Gasteiger charge is 2.17. The van der Waals surface area contributed by atoms with Gasteiger partial charge in [-0.3, -0.25) is 0 Å². The number of phenols is 1. The van der Waals surface area contributed by atoms with Crippen molar-refractivity contribution in [2.24, 2.45) is 0 Å². The van der Waals surface area contributed by atoms with Crippen LogP contribution in [0.3, 0.4) is 0 Å². The van der Waals surface area contributed by atoms with E-state index in [0.717, 1.165) is 33.5 Å². The molecular weight excluding hydrogens is 364 g/mol. The molecule has 2 heterocycles. The molecule has 1 N–H and O–H groups in total. The molecular formula is C20H15BrN2O. The maximum Gasteiger partial charge on any atom is 0.137 e. The molecule has 118 valence electrons. The first-order valence-corrected chi connectivity index (χ1v) is 8.50. The highest BCUT2D eigenvalue weighted by atomic mass is 79.9. The number of pyridine rings is 1. The number of hydrogen-bond donors (Lipinski definition) is 1. The van der Waals surface area contributed by atoms with Crippen LogP contribution in [0.25, 0.3) is 16.9 Å². The van der Waals surface area contributed by atoms with Gasteiger partial charge in [0.05, 0.1) is 11.4 Å². The van der Waals surface area contributed by atoms with Gasteiger partial charge < -0.3 is 9.51 Å². The molecule has 4 aromatic rings. The topological polar surface area (TPSA) is 37.5 Å². The Hall–Kier alpha value is -2.59. The first-order chi connectivity index (χ1) is 11.7. The van der Waals surface area contributed by atoms with E-state index in [2.05, 4.69) is 32.5 Å². The first-order valence-electron chi connectivity index (χ1n) is 7.71. The Morgan fingerprint density at radius 1 is 0.958 bits per heavy atom. The monoisotopic (exact) mass is 378 g/mol. The van der Waals surface area contributed by atoms with Gasteiger partial charge in [0.1, 0.15) is 11.4 Å². The van der Waals surface area contributed by atoms with E-state index in [0.29, 0.717) is 0 Å². The molecule has 0 spiro atoms. The fourth-order valence-corrected chi connectivity index (χ4v) is 3.28. The lowest BCUT2D eigenvalue weighted by Gasteiger charge is -2.08. The summed E-state index contributed by atoms with van der Waals surface area (Å²) in [5.74, 6) is 0.232. The number of rotatable bonds is 3. The number of aromatic hydroxyl groups is 1. The Bertz CT molecular complexity index is 1010. The van der Waals surface area contributed by atoms with Crippen LogP contribution in [-0.2, 0) is 6.42 Å². The predicted octanol–water partition coefficient (Wildman–Crippen LogP) is 5.06. The van der Waals surface area contributed by atoms with Crippen LogP contribution in [0.4, 0.5) is 0 Å². The SMILES string of the molecule is Oc1ccc(Br)cc1-c1nc2ccccn2c1Cc1ccccc1. The van der Waals surface area contributed by atoms with Crippen molar-refractivity contribution in [3.05, 3.63) is 88.7 Å². The van der Waals surface area contributed by atoms with E-state index >= 15 is 0 Å². The molecule has 0 saturated carbocycles. The minimum Gasteiger partial charge on any atom is -0.507 e. The largest absolute Gasteiger partial charge is 0.507 e. The molecule has 0 amide bonds. The summed E-state index contributed by atoms with van der Waals surface area (Å²) < 4.78 is 3.00. The second kappa shape index (κ2) is 6.13. The fourth-order valence-electron chi connectivity index (χ4n) is 2.92. The first kappa shape index (κ1) is 15.0. The van der Waals surface area contributed by atoms with Crippen LogP contribution in [0.5, 0.6) is 5.75 Å². The van der Waals surface area contributed by atoms with Gasteiger partial charge in [0.25, 0.3) is 0 Å². The number of halogens is 1. The third-order valence-electron chi connectivity index (χ3n) is 4.06. The van der Waals surface area contributed by atoms with E-state index in [1.807, 2.05) is 54.7 Å². The van der Waals surface area contributed by atoms with Gasteiger partial charge in [-0.2, -0.15) is 0 Å². The van der Waals surface area contributed by atoms with Crippen LogP contribution in [-0.4, -0.2) is 14.5 Å². The van der Waals surface area contributed by atoms with E-state index < -0.39 is 0 Å². The van der Waals surface area contributed by atoms with Gasteiger partial charge in [-0.15, -0.1) is 0 Å². The van der Waals surface area contributed by atoms with Crippen molar-refractivity contribution in [2.45, 2.75) is 6.42 Å². The Labute approximate surface area is 148 Å². The fraction of sp³-hybridized carbons (Fsp3) is 0.0500. The molecule has 0 aliphatic heterocycles. The molecule has 4 heteroatoms. The van der Waals surface area contributed by atoms with Gasteiger partial charge in [0, 0.05) is 22.7 Å². The Morgan fingerprint density at radius 2 is 1.75 bits per heavy atom. The molecule has 0 unspecified atom stereocenters. The van der Waals surface area contributed by atoms with Crippen LogP contribution in [0.15, 0.2) is 77.4 Å². The predicted molar refractivity (Wildman–Crippen MR) is 99.2 cm³/mol. The van der Waals surface area contributed by atoms with Gasteiger partial charge in [0.15, 0.2) is 0 Å². The number of aromatic nitrogens is 2. The number of nitrogens with zero attached hydrogens (tertiary/aromatic N) is 2. The molecule has 0 aliphatic carbocycles. The summed E-state index contributed by atoms with van der Waals surface area (Å²) in [7, 11) is 0. The van der Waals surface area contributed by atoms with Crippen molar-refractivity contribution in [1.29, 1.82) is 0 Å². The quantitative estimate of drug-likeness (QED) is 0.540. The van der Waals surface area contributed by atoms with Crippen molar-refractivity contribution in [3.63, 3.8) is 0 Å². The maximum absolute atomic E-state index is 10.3. The summed E-state index contributed by atoms with van der Waals surface area (Å²) in [6, 6.07) is 21.7. The lowest BCUT2D eigenvalue weighted by molar-refractivity contribution is 0.477. The van der Waals surface area contributed by atoms with Gasteiger partial charge in [-0.1, -0.05) is 52.3 Å². The molecule has 24 heavy (non-hydrogen) atoms.